The zero-order valence-corrected chi connectivity index (χ0v) is 17.0. The summed E-state index contributed by atoms with van der Waals surface area (Å²) < 4.78 is 10.8. The zero-order chi connectivity index (χ0) is 19.1. The van der Waals surface area contributed by atoms with Crippen molar-refractivity contribution in [3.8, 4) is 5.75 Å². The predicted octanol–water partition coefficient (Wildman–Crippen LogP) is 2.38. The van der Waals surface area contributed by atoms with Crippen molar-refractivity contribution in [2.45, 2.75) is 25.3 Å². The van der Waals surface area contributed by atoms with Crippen molar-refractivity contribution in [1.29, 1.82) is 0 Å². The fourth-order valence-corrected chi connectivity index (χ4v) is 4.11. The van der Waals surface area contributed by atoms with Crippen LogP contribution in [-0.4, -0.2) is 76.4 Å². The van der Waals surface area contributed by atoms with Crippen molar-refractivity contribution in [3.05, 3.63) is 29.8 Å². The molecule has 1 aromatic carbocycles. The molecule has 3 rings (SSSR count). The van der Waals surface area contributed by atoms with E-state index in [-0.39, 0.29) is 0 Å². The van der Waals surface area contributed by atoms with Crippen molar-refractivity contribution in [3.63, 3.8) is 0 Å². The second-order valence-electron chi connectivity index (χ2n) is 7.57. The summed E-state index contributed by atoms with van der Waals surface area (Å²) in [5.41, 5.74) is 1.33. The largest absolute Gasteiger partial charge is 0.497 e. The molecule has 0 amide bonds. The molecule has 0 spiro atoms. The van der Waals surface area contributed by atoms with Crippen LogP contribution < -0.4 is 10.1 Å². The number of nitrogens with zero attached hydrogens (tertiary/aromatic N) is 3. The Morgan fingerprint density at radius 2 is 2.07 bits per heavy atom. The standard InChI is InChI=1S/C21H34N4O2/c1-22-21(24(2)15-17-10-13-27-16-17)23-14-20(25-11-4-5-12-25)18-6-8-19(26-3)9-7-18/h6-9,17,20H,4-5,10-16H2,1-3H3,(H,22,23). The molecule has 2 saturated heterocycles. The van der Waals surface area contributed by atoms with E-state index in [1.165, 1.54) is 18.4 Å². The average molecular weight is 375 g/mol. The van der Waals surface area contributed by atoms with E-state index in [0.717, 1.165) is 57.5 Å². The number of benzene rings is 1. The molecule has 1 aromatic rings. The van der Waals surface area contributed by atoms with Crippen LogP contribution in [0.4, 0.5) is 0 Å². The molecule has 2 heterocycles. The number of hydrogen-bond acceptors (Lipinski definition) is 4. The van der Waals surface area contributed by atoms with Gasteiger partial charge < -0.3 is 19.7 Å². The lowest BCUT2D eigenvalue weighted by molar-refractivity contribution is 0.181. The van der Waals surface area contributed by atoms with E-state index in [1.54, 1.807) is 7.11 Å². The molecule has 0 bridgehead atoms. The first-order valence-corrected chi connectivity index (χ1v) is 10.1. The van der Waals surface area contributed by atoms with Gasteiger partial charge in [-0.2, -0.15) is 0 Å². The first kappa shape index (κ1) is 20.0. The highest BCUT2D eigenvalue weighted by atomic mass is 16.5. The summed E-state index contributed by atoms with van der Waals surface area (Å²) in [5, 5.41) is 3.61. The Kier molecular flexibility index (Phi) is 7.35. The summed E-state index contributed by atoms with van der Waals surface area (Å²) in [7, 11) is 5.69. The molecule has 150 valence electrons. The first-order valence-electron chi connectivity index (χ1n) is 10.1. The maximum Gasteiger partial charge on any atom is 0.193 e. The van der Waals surface area contributed by atoms with E-state index in [0.29, 0.717) is 12.0 Å². The molecule has 1 N–H and O–H groups in total. The van der Waals surface area contributed by atoms with Gasteiger partial charge in [0.1, 0.15) is 5.75 Å². The number of hydrogen-bond donors (Lipinski definition) is 1. The average Bonchev–Trinajstić information content (AvgIpc) is 3.40. The van der Waals surface area contributed by atoms with E-state index in [4.69, 9.17) is 9.47 Å². The summed E-state index contributed by atoms with van der Waals surface area (Å²) in [6.45, 7) is 5.90. The molecule has 2 fully saturated rings. The van der Waals surface area contributed by atoms with Gasteiger partial charge in [-0.1, -0.05) is 12.1 Å². The third-order valence-electron chi connectivity index (χ3n) is 5.66. The number of rotatable bonds is 7. The minimum atomic E-state index is 0.346. The molecular formula is C21H34N4O2. The van der Waals surface area contributed by atoms with Crippen molar-refractivity contribution >= 4 is 5.96 Å². The molecular weight excluding hydrogens is 340 g/mol. The third-order valence-corrected chi connectivity index (χ3v) is 5.66. The van der Waals surface area contributed by atoms with Gasteiger partial charge in [0.15, 0.2) is 5.96 Å². The topological polar surface area (TPSA) is 49.3 Å². The van der Waals surface area contributed by atoms with E-state index >= 15 is 0 Å². The van der Waals surface area contributed by atoms with Crippen LogP contribution in [0.15, 0.2) is 29.3 Å². The summed E-state index contributed by atoms with van der Waals surface area (Å²) >= 11 is 0. The second kappa shape index (κ2) is 9.95. The van der Waals surface area contributed by atoms with Crippen LogP contribution in [-0.2, 0) is 4.74 Å². The number of aliphatic imine (C=N–C) groups is 1. The molecule has 27 heavy (non-hydrogen) atoms. The molecule has 0 radical (unpaired) electrons. The van der Waals surface area contributed by atoms with Crippen LogP contribution in [0.5, 0.6) is 5.75 Å². The predicted molar refractivity (Wildman–Crippen MR) is 109 cm³/mol. The minimum absolute atomic E-state index is 0.346. The number of ether oxygens (including phenoxy) is 2. The highest BCUT2D eigenvalue weighted by Gasteiger charge is 2.25. The van der Waals surface area contributed by atoms with Gasteiger partial charge in [0.25, 0.3) is 0 Å². The van der Waals surface area contributed by atoms with Crippen LogP contribution in [0.2, 0.25) is 0 Å². The van der Waals surface area contributed by atoms with E-state index in [1.807, 2.05) is 7.05 Å². The summed E-state index contributed by atoms with van der Waals surface area (Å²) in [6.07, 6.45) is 3.70. The third kappa shape index (κ3) is 5.36. The van der Waals surface area contributed by atoms with E-state index in [9.17, 15) is 0 Å². The molecule has 2 unspecified atom stereocenters. The lowest BCUT2D eigenvalue weighted by atomic mass is 10.1. The van der Waals surface area contributed by atoms with Gasteiger partial charge in [0.05, 0.1) is 19.8 Å². The molecule has 0 saturated carbocycles. The lowest BCUT2D eigenvalue weighted by Crippen LogP contribution is -2.45. The summed E-state index contributed by atoms with van der Waals surface area (Å²) in [6, 6.07) is 8.83. The monoisotopic (exact) mass is 374 g/mol. The van der Waals surface area contributed by atoms with E-state index in [2.05, 4.69) is 51.4 Å². The fraction of sp³-hybridized carbons (Fsp3) is 0.667. The maximum atomic E-state index is 5.51. The molecule has 6 heteroatoms. The Hall–Kier alpha value is -1.79. The van der Waals surface area contributed by atoms with Crippen molar-refractivity contribution in [1.82, 2.24) is 15.1 Å². The Labute approximate surface area is 163 Å². The summed E-state index contributed by atoms with van der Waals surface area (Å²) in [5.74, 6) is 2.46. The molecule has 0 aliphatic carbocycles. The van der Waals surface area contributed by atoms with Gasteiger partial charge in [0.2, 0.25) is 0 Å². The highest BCUT2D eigenvalue weighted by Crippen LogP contribution is 2.26. The van der Waals surface area contributed by atoms with Crippen LogP contribution >= 0.6 is 0 Å². The lowest BCUT2D eigenvalue weighted by Gasteiger charge is -2.31. The Morgan fingerprint density at radius 3 is 2.67 bits per heavy atom. The van der Waals surface area contributed by atoms with Crippen LogP contribution in [0.25, 0.3) is 0 Å². The number of guanidine groups is 1. The van der Waals surface area contributed by atoms with Gasteiger partial charge in [-0.3, -0.25) is 9.89 Å². The smallest absolute Gasteiger partial charge is 0.193 e. The minimum Gasteiger partial charge on any atom is -0.497 e. The Bertz CT molecular complexity index is 593. The SMILES string of the molecule is CN=C(NCC(c1ccc(OC)cc1)N1CCCC1)N(C)CC1CCOC1. The van der Waals surface area contributed by atoms with Crippen LogP contribution in [0.1, 0.15) is 30.9 Å². The molecule has 0 aromatic heterocycles. The highest BCUT2D eigenvalue weighted by molar-refractivity contribution is 5.79. The Morgan fingerprint density at radius 1 is 1.33 bits per heavy atom. The normalized spacial score (nSPS) is 22.0. The van der Waals surface area contributed by atoms with Crippen molar-refractivity contribution in [2.24, 2.45) is 10.9 Å². The number of methoxy groups -OCH3 is 1. The Balaban J connectivity index is 1.63. The van der Waals surface area contributed by atoms with Crippen molar-refractivity contribution in [2.75, 3.05) is 60.6 Å². The fourth-order valence-electron chi connectivity index (χ4n) is 4.11. The maximum absolute atomic E-state index is 5.51. The van der Waals surface area contributed by atoms with Gasteiger partial charge in [-0.15, -0.1) is 0 Å². The number of nitrogens with one attached hydrogen (secondary N) is 1. The van der Waals surface area contributed by atoms with Gasteiger partial charge in [0, 0.05) is 39.7 Å². The van der Waals surface area contributed by atoms with E-state index < -0.39 is 0 Å². The molecule has 6 nitrogen and oxygen atoms in total. The zero-order valence-electron chi connectivity index (χ0n) is 17.0. The molecule has 2 aliphatic rings. The van der Waals surface area contributed by atoms with Gasteiger partial charge in [-0.25, -0.2) is 0 Å². The quantitative estimate of drug-likeness (QED) is 0.587. The summed E-state index contributed by atoms with van der Waals surface area (Å²) in [4.78, 5) is 9.31. The van der Waals surface area contributed by atoms with Crippen LogP contribution in [0.3, 0.4) is 0 Å². The first-order chi connectivity index (χ1) is 13.2. The van der Waals surface area contributed by atoms with Crippen LogP contribution in [0, 0.1) is 5.92 Å². The van der Waals surface area contributed by atoms with Crippen molar-refractivity contribution < 1.29 is 9.47 Å². The molecule has 2 atom stereocenters. The van der Waals surface area contributed by atoms with Gasteiger partial charge >= 0.3 is 0 Å². The van der Waals surface area contributed by atoms with Gasteiger partial charge in [-0.05, 0) is 50.0 Å². The molecule has 2 aliphatic heterocycles. The number of likely N-dealkylation sites (tertiary alicyclic amines) is 1. The second-order valence-corrected chi connectivity index (χ2v) is 7.57.